The van der Waals surface area contributed by atoms with E-state index in [-0.39, 0.29) is 24.0 Å². The molecule has 0 aromatic heterocycles. The zero-order chi connectivity index (χ0) is 16.9. The fourth-order valence-corrected chi connectivity index (χ4v) is 3.04. The Hall–Kier alpha value is -1.76. The molecule has 1 fully saturated rings. The van der Waals surface area contributed by atoms with Gasteiger partial charge in [0, 0.05) is 33.4 Å². The van der Waals surface area contributed by atoms with Gasteiger partial charge in [-0.3, -0.25) is 0 Å². The number of guanidine groups is 1. The first-order chi connectivity index (χ1) is 11.6. The highest BCUT2D eigenvalue weighted by molar-refractivity contribution is 14.0. The quantitative estimate of drug-likeness (QED) is 0.709. The van der Waals surface area contributed by atoms with E-state index in [0.717, 1.165) is 18.9 Å². The molecule has 3 rings (SSSR count). The maximum atomic E-state index is 4.78. The molecule has 1 atom stereocenters. The molecule has 2 aromatic carbocycles. The summed E-state index contributed by atoms with van der Waals surface area (Å²) in [6, 6.07) is 19.6. The van der Waals surface area contributed by atoms with E-state index in [2.05, 4.69) is 90.9 Å². The van der Waals surface area contributed by atoms with E-state index in [1.54, 1.807) is 0 Å². The summed E-state index contributed by atoms with van der Waals surface area (Å²) in [7, 11) is 6.23. The molecule has 1 saturated heterocycles. The van der Waals surface area contributed by atoms with Crippen LogP contribution in [0.3, 0.4) is 0 Å². The SMILES string of the molecule is CN1CC(Cc2ccccc2)NC1=NCc1cccc(N(C)C)c1.I. The minimum Gasteiger partial charge on any atom is -0.378 e. The Morgan fingerprint density at radius 2 is 1.80 bits per heavy atom. The Kier molecular flexibility index (Phi) is 7.11. The van der Waals surface area contributed by atoms with E-state index in [1.807, 2.05) is 0 Å². The molecule has 1 aliphatic heterocycles. The average Bonchev–Trinajstić information content (AvgIpc) is 2.93. The average molecular weight is 450 g/mol. The summed E-state index contributed by atoms with van der Waals surface area (Å²) in [5.41, 5.74) is 3.81. The summed E-state index contributed by atoms with van der Waals surface area (Å²) in [6.45, 7) is 1.69. The molecule has 1 aliphatic rings. The predicted octanol–water partition coefficient (Wildman–Crippen LogP) is 3.37. The van der Waals surface area contributed by atoms with Crippen LogP contribution >= 0.6 is 24.0 Å². The maximum Gasteiger partial charge on any atom is 0.194 e. The number of hydrogen-bond donors (Lipinski definition) is 1. The van der Waals surface area contributed by atoms with Crippen molar-refractivity contribution < 1.29 is 0 Å². The van der Waals surface area contributed by atoms with Crippen LogP contribution in [-0.4, -0.2) is 44.6 Å². The predicted molar refractivity (Wildman–Crippen MR) is 117 cm³/mol. The van der Waals surface area contributed by atoms with Crippen molar-refractivity contribution in [3.63, 3.8) is 0 Å². The number of nitrogens with zero attached hydrogens (tertiary/aromatic N) is 3. The van der Waals surface area contributed by atoms with Crippen LogP contribution in [0.5, 0.6) is 0 Å². The van der Waals surface area contributed by atoms with E-state index >= 15 is 0 Å². The van der Waals surface area contributed by atoms with Gasteiger partial charge in [-0.15, -0.1) is 24.0 Å². The molecule has 0 amide bonds. The molecule has 4 nitrogen and oxygen atoms in total. The van der Waals surface area contributed by atoms with Crippen molar-refractivity contribution in [2.45, 2.75) is 19.0 Å². The van der Waals surface area contributed by atoms with Crippen molar-refractivity contribution in [1.29, 1.82) is 0 Å². The van der Waals surface area contributed by atoms with Gasteiger partial charge in [-0.05, 0) is 29.7 Å². The fourth-order valence-electron chi connectivity index (χ4n) is 3.04. The van der Waals surface area contributed by atoms with Crippen LogP contribution in [0.4, 0.5) is 5.69 Å². The summed E-state index contributed by atoms with van der Waals surface area (Å²) in [5, 5.41) is 3.56. The minimum atomic E-state index is 0. The molecule has 0 bridgehead atoms. The van der Waals surface area contributed by atoms with Crippen molar-refractivity contribution in [1.82, 2.24) is 10.2 Å². The molecular weight excluding hydrogens is 423 g/mol. The van der Waals surface area contributed by atoms with Crippen molar-refractivity contribution in [3.8, 4) is 0 Å². The highest BCUT2D eigenvalue weighted by Crippen LogP contribution is 2.15. The van der Waals surface area contributed by atoms with Crippen LogP contribution in [0.1, 0.15) is 11.1 Å². The van der Waals surface area contributed by atoms with Crippen molar-refractivity contribution in [2.24, 2.45) is 4.99 Å². The monoisotopic (exact) mass is 450 g/mol. The zero-order valence-electron chi connectivity index (χ0n) is 15.1. The smallest absolute Gasteiger partial charge is 0.194 e. The van der Waals surface area contributed by atoms with Gasteiger partial charge < -0.3 is 15.1 Å². The third-order valence-corrected chi connectivity index (χ3v) is 4.35. The second kappa shape index (κ2) is 9.08. The van der Waals surface area contributed by atoms with Gasteiger partial charge in [0.05, 0.1) is 12.6 Å². The summed E-state index contributed by atoms with van der Waals surface area (Å²) in [5.74, 6) is 0.992. The second-order valence-corrected chi connectivity index (χ2v) is 6.62. The molecule has 0 saturated carbocycles. The number of aliphatic imine (C=N–C) groups is 1. The Morgan fingerprint density at radius 1 is 1.08 bits per heavy atom. The molecule has 5 heteroatoms. The molecular formula is C20H27IN4. The number of likely N-dealkylation sites (N-methyl/N-ethyl adjacent to an activating group) is 1. The number of hydrogen-bond acceptors (Lipinski definition) is 2. The van der Waals surface area contributed by atoms with Crippen LogP contribution in [-0.2, 0) is 13.0 Å². The topological polar surface area (TPSA) is 30.9 Å². The van der Waals surface area contributed by atoms with Crippen molar-refractivity contribution >= 4 is 35.6 Å². The lowest BCUT2D eigenvalue weighted by atomic mass is 10.1. The molecule has 0 spiro atoms. The molecule has 1 N–H and O–H groups in total. The number of nitrogens with one attached hydrogen (secondary N) is 1. The van der Waals surface area contributed by atoms with Gasteiger partial charge in [-0.1, -0.05) is 42.5 Å². The fraction of sp³-hybridized carbons (Fsp3) is 0.350. The lowest BCUT2D eigenvalue weighted by Crippen LogP contribution is -2.30. The lowest BCUT2D eigenvalue weighted by molar-refractivity contribution is 0.502. The summed E-state index contributed by atoms with van der Waals surface area (Å²) < 4.78 is 0. The first-order valence-corrected chi connectivity index (χ1v) is 8.44. The van der Waals surface area contributed by atoms with E-state index in [4.69, 9.17) is 4.99 Å². The van der Waals surface area contributed by atoms with Gasteiger partial charge in [0.15, 0.2) is 5.96 Å². The number of halogens is 1. The summed E-state index contributed by atoms with van der Waals surface area (Å²) in [4.78, 5) is 9.11. The third-order valence-electron chi connectivity index (χ3n) is 4.35. The van der Waals surface area contributed by atoms with Crippen LogP contribution in [0.15, 0.2) is 59.6 Å². The normalized spacial score (nSPS) is 18.0. The standard InChI is InChI=1S/C20H26N4.HI/c1-23(2)19-11-7-10-17(13-19)14-21-20-22-18(15-24(20)3)12-16-8-5-4-6-9-16;/h4-11,13,18H,12,14-15H2,1-3H3,(H,21,22);1H. The zero-order valence-corrected chi connectivity index (χ0v) is 17.5. The molecule has 25 heavy (non-hydrogen) atoms. The second-order valence-electron chi connectivity index (χ2n) is 6.62. The molecule has 1 unspecified atom stereocenters. The van der Waals surface area contributed by atoms with Gasteiger partial charge in [0.1, 0.15) is 0 Å². The Balaban J connectivity index is 0.00000225. The van der Waals surface area contributed by atoms with E-state index in [9.17, 15) is 0 Å². The maximum absolute atomic E-state index is 4.78. The highest BCUT2D eigenvalue weighted by atomic mass is 127. The lowest BCUT2D eigenvalue weighted by Gasteiger charge is -2.13. The van der Waals surface area contributed by atoms with Crippen LogP contribution in [0.2, 0.25) is 0 Å². The number of anilines is 1. The summed E-state index contributed by atoms with van der Waals surface area (Å²) >= 11 is 0. The van der Waals surface area contributed by atoms with Crippen LogP contribution in [0, 0.1) is 0 Å². The van der Waals surface area contributed by atoms with Crippen molar-refractivity contribution in [2.75, 3.05) is 32.6 Å². The molecule has 0 aliphatic carbocycles. The molecule has 1 heterocycles. The number of benzene rings is 2. The molecule has 0 radical (unpaired) electrons. The molecule has 134 valence electrons. The number of rotatable bonds is 5. The first-order valence-electron chi connectivity index (χ1n) is 8.44. The third kappa shape index (κ3) is 5.36. The van der Waals surface area contributed by atoms with E-state index in [1.165, 1.54) is 16.8 Å². The minimum absolute atomic E-state index is 0. The highest BCUT2D eigenvalue weighted by Gasteiger charge is 2.23. The van der Waals surface area contributed by atoms with Gasteiger partial charge in [0.2, 0.25) is 0 Å². The Bertz CT molecular complexity index is 700. The van der Waals surface area contributed by atoms with Gasteiger partial charge >= 0.3 is 0 Å². The summed E-state index contributed by atoms with van der Waals surface area (Å²) in [6.07, 6.45) is 1.03. The van der Waals surface area contributed by atoms with E-state index < -0.39 is 0 Å². The van der Waals surface area contributed by atoms with Crippen molar-refractivity contribution in [3.05, 3.63) is 65.7 Å². The Morgan fingerprint density at radius 3 is 2.52 bits per heavy atom. The van der Waals surface area contributed by atoms with Gasteiger partial charge in [0.25, 0.3) is 0 Å². The Labute approximate surface area is 168 Å². The first kappa shape index (κ1) is 19.6. The van der Waals surface area contributed by atoms with Gasteiger partial charge in [-0.25, -0.2) is 4.99 Å². The van der Waals surface area contributed by atoms with Crippen LogP contribution < -0.4 is 10.2 Å². The largest absolute Gasteiger partial charge is 0.378 e. The molecule has 2 aromatic rings. The van der Waals surface area contributed by atoms with E-state index in [0.29, 0.717) is 12.6 Å². The van der Waals surface area contributed by atoms with Gasteiger partial charge in [-0.2, -0.15) is 0 Å². The van der Waals surface area contributed by atoms with Crippen LogP contribution in [0.25, 0.3) is 0 Å².